The summed E-state index contributed by atoms with van der Waals surface area (Å²) in [5, 5.41) is 0. The summed E-state index contributed by atoms with van der Waals surface area (Å²) in [5.41, 5.74) is 0.737. The monoisotopic (exact) mass is 263 g/mol. The normalized spacial score (nSPS) is 35.1. The van der Waals surface area contributed by atoms with Crippen LogP contribution in [0.25, 0.3) is 0 Å². The van der Waals surface area contributed by atoms with Gasteiger partial charge in [-0.1, -0.05) is 6.92 Å². The maximum absolute atomic E-state index is 2.76. The lowest BCUT2D eigenvalue weighted by molar-refractivity contribution is -0.103. The van der Waals surface area contributed by atoms with E-state index >= 15 is 0 Å². The van der Waals surface area contributed by atoms with E-state index in [4.69, 9.17) is 0 Å². The number of hydrogen-bond donors (Lipinski definition) is 0. The number of nitrogens with zero attached hydrogens (tertiary/aromatic N) is 3. The first-order valence-electron chi connectivity index (χ1n) is 8.30. The molecule has 0 aromatic rings. The van der Waals surface area contributed by atoms with Gasteiger partial charge in [-0.2, -0.15) is 0 Å². The summed E-state index contributed by atoms with van der Waals surface area (Å²) < 4.78 is 0. The number of rotatable bonds is 2. The molecule has 0 aromatic heterocycles. The average Bonchev–Trinajstić information content (AvgIpc) is 2.29. The summed E-state index contributed by atoms with van der Waals surface area (Å²) >= 11 is 0. The van der Waals surface area contributed by atoms with Gasteiger partial charge in [0.1, 0.15) is 0 Å². The molecule has 0 radical (unpaired) electrons. The summed E-state index contributed by atoms with van der Waals surface area (Å²) in [4.78, 5) is 7.94. The Balaban J connectivity index is 1.23. The second kappa shape index (κ2) is 4.44. The molecule has 19 heavy (non-hydrogen) atoms. The molecule has 3 aliphatic heterocycles. The van der Waals surface area contributed by atoms with Crippen LogP contribution in [0.4, 0.5) is 0 Å². The van der Waals surface area contributed by atoms with Crippen LogP contribution in [-0.2, 0) is 0 Å². The zero-order chi connectivity index (χ0) is 13.0. The highest BCUT2D eigenvalue weighted by atomic mass is 15.3. The van der Waals surface area contributed by atoms with Crippen LogP contribution in [0.5, 0.6) is 0 Å². The summed E-state index contributed by atoms with van der Waals surface area (Å²) in [5.74, 6) is 0.964. The Kier molecular flexibility index (Phi) is 2.95. The smallest absolute Gasteiger partial charge is 0.0350 e. The number of likely N-dealkylation sites (tertiary alicyclic amines) is 3. The third kappa shape index (κ3) is 2.14. The molecule has 0 amide bonds. The summed E-state index contributed by atoms with van der Waals surface area (Å²) in [7, 11) is 2.24. The van der Waals surface area contributed by atoms with Crippen molar-refractivity contribution >= 4 is 0 Å². The van der Waals surface area contributed by atoms with Crippen LogP contribution >= 0.6 is 0 Å². The number of hydrogen-bond acceptors (Lipinski definition) is 3. The Labute approximate surface area is 117 Å². The van der Waals surface area contributed by atoms with Gasteiger partial charge in [0.05, 0.1) is 0 Å². The predicted octanol–water partition coefficient (Wildman–Crippen LogP) is 1.50. The van der Waals surface area contributed by atoms with Crippen LogP contribution in [0.2, 0.25) is 0 Å². The Morgan fingerprint density at radius 3 is 2.00 bits per heavy atom. The van der Waals surface area contributed by atoms with Gasteiger partial charge in [-0.25, -0.2) is 0 Å². The maximum Gasteiger partial charge on any atom is 0.0350 e. The largest absolute Gasteiger partial charge is 0.303 e. The molecule has 1 spiro atoms. The lowest BCUT2D eigenvalue weighted by Crippen LogP contribution is -2.69. The number of likely N-dealkylation sites (N-methyl/N-ethyl adjacent to an activating group) is 1. The predicted molar refractivity (Wildman–Crippen MR) is 78.3 cm³/mol. The summed E-state index contributed by atoms with van der Waals surface area (Å²) in [6.45, 7) is 10.6. The molecule has 1 aliphatic carbocycles. The van der Waals surface area contributed by atoms with E-state index in [0.717, 1.165) is 23.4 Å². The lowest BCUT2D eigenvalue weighted by Gasteiger charge is -2.60. The molecule has 0 N–H and O–H groups in total. The first-order valence-corrected chi connectivity index (χ1v) is 8.30. The van der Waals surface area contributed by atoms with Crippen molar-refractivity contribution < 1.29 is 0 Å². The second-order valence-electron chi connectivity index (χ2n) is 8.07. The fourth-order valence-corrected chi connectivity index (χ4v) is 4.91. The first-order chi connectivity index (χ1) is 9.13. The third-order valence-corrected chi connectivity index (χ3v) is 6.26. The van der Waals surface area contributed by atoms with Crippen molar-refractivity contribution in [1.29, 1.82) is 0 Å². The van der Waals surface area contributed by atoms with Crippen LogP contribution in [-0.4, -0.2) is 73.1 Å². The van der Waals surface area contributed by atoms with Gasteiger partial charge in [-0.05, 0) is 44.1 Å². The molecule has 3 nitrogen and oxygen atoms in total. The summed E-state index contributed by atoms with van der Waals surface area (Å²) in [6.07, 6.45) is 5.96. The van der Waals surface area contributed by atoms with Crippen LogP contribution < -0.4 is 0 Å². The average molecular weight is 263 g/mol. The highest BCUT2D eigenvalue weighted by Crippen LogP contribution is 2.46. The Morgan fingerprint density at radius 2 is 1.47 bits per heavy atom. The quantitative estimate of drug-likeness (QED) is 0.747. The van der Waals surface area contributed by atoms with Gasteiger partial charge >= 0.3 is 0 Å². The van der Waals surface area contributed by atoms with Crippen molar-refractivity contribution in [3.05, 3.63) is 0 Å². The highest BCUT2D eigenvalue weighted by Gasteiger charge is 2.49. The van der Waals surface area contributed by atoms with Crippen molar-refractivity contribution in [3.8, 4) is 0 Å². The molecule has 0 bridgehead atoms. The summed E-state index contributed by atoms with van der Waals surface area (Å²) in [6, 6.07) is 1.83. The molecule has 0 aromatic carbocycles. The fourth-order valence-electron chi connectivity index (χ4n) is 4.91. The lowest BCUT2D eigenvalue weighted by atomic mass is 9.66. The van der Waals surface area contributed by atoms with Gasteiger partial charge in [0.15, 0.2) is 0 Å². The Hall–Kier alpha value is -0.120. The van der Waals surface area contributed by atoms with E-state index < -0.39 is 0 Å². The standard InChI is InChI=1S/C16H29N3/c1-13-7-18(8-13)14-3-5-16(6-4-14)11-19(12-16)15-9-17(2)10-15/h13-15H,3-12H2,1-2H3. The SMILES string of the molecule is CC1CN(C2CCC3(CC2)CN(C2CN(C)C2)C3)C1. The molecular weight excluding hydrogens is 234 g/mol. The van der Waals surface area contributed by atoms with E-state index in [2.05, 4.69) is 28.7 Å². The maximum atomic E-state index is 2.76. The van der Waals surface area contributed by atoms with Crippen LogP contribution in [0, 0.1) is 11.3 Å². The van der Waals surface area contributed by atoms with Gasteiger partial charge in [-0.15, -0.1) is 0 Å². The molecule has 4 aliphatic rings. The molecule has 3 heteroatoms. The van der Waals surface area contributed by atoms with E-state index in [0.29, 0.717) is 0 Å². The van der Waals surface area contributed by atoms with E-state index in [1.54, 1.807) is 0 Å². The molecule has 108 valence electrons. The minimum atomic E-state index is 0.737. The zero-order valence-electron chi connectivity index (χ0n) is 12.6. The van der Waals surface area contributed by atoms with Crippen LogP contribution in [0.15, 0.2) is 0 Å². The van der Waals surface area contributed by atoms with Gasteiger partial charge < -0.3 is 4.90 Å². The van der Waals surface area contributed by atoms with Crippen LogP contribution in [0.1, 0.15) is 32.6 Å². The molecule has 3 saturated heterocycles. The minimum Gasteiger partial charge on any atom is -0.303 e. The van der Waals surface area contributed by atoms with E-state index in [-0.39, 0.29) is 0 Å². The zero-order valence-corrected chi connectivity index (χ0v) is 12.6. The molecule has 0 unspecified atom stereocenters. The Morgan fingerprint density at radius 1 is 0.842 bits per heavy atom. The van der Waals surface area contributed by atoms with Crippen molar-refractivity contribution in [1.82, 2.24) is 14.7 Å². The molecule has 4 rings (SSSR count). The molecule has 1 saturated carbocycles. The van der Waals surface area contributed by atoms with Crippen molar-refractivity contribution in [3.63, 3.8) is 0 Å². The Bertz CT molecular complexity index is 328. The minimum absolute atomic E-state index is 0.737. The molecular formula is C16H29N3. The van der Waals surface area contributed by atoms with E-state index in [1.807, 2.05) is 0 Å². The van der Waals surface area contributed by atoms with Gasteiger partial charge in [0.25, 0.3) is 0 Å². The molecule has 0 atom stereocenters. The van der Waals surface area contributed by atoms with Crippen LogP contribution in [0.3, 0.4) is 0 Å². The topological polar surface area (TPSA) is 9.72 Å². The van der Waals surface area contributed by atoms with Crippen molar-refractivity contribution in [2.45, 2.75) is 44.7 Å². The van der Waals surface area contributed by atoms with Gasteiger partial charge in [0, 0.05) is 51.4 Å². The molecule has 4 fully saturated rings. The van der Waals surface area contributed by atoms with Gasteiger partial charge in [0.2, 0.25) is 0 Å². The van der Waals surface area contributed by atoms with Crippen molar-refractivity contribution in [2.75, 3.05) is 46.3 Å². The van der Waals surface area contributed by atoms with E-state index in [9.17, 15) is 0 Å². The first kappa shape index (κ1) is 12.6. The fraction of sp³-hybridized carbons (Fsp3) is 1.00. The second-order valence-corrected chi connectivity index (χ2v) is 8.07. The molecule has 3 heterocycles. The third-order valence-electron chi connectivity index (χ3n) is 6.26. The van der Waals surface area contributed by atoms with Crippen molar-refractivity contribution in [2.24, 2.45) is 11.3 Å². The van der Waals surface area contributed by atoms with Gasteiger partial charge in [-0.3, -0.25) is 9.80 Å². The highest BCUT2D eigenvalue weighted by molar-refractivity contribution is 5.04. The van der Waals surface area contributed by atoms with E-state index in [1.165, 1.54) is 65.0 Å².